The van der Waals surface area contributed by atoms with Gasteiger partial charge < -0.3 is 10.4 Å². The average Bonchev–Trinajstić information content (AvgIpc) is 3.05. The number of anilines is 1. The van der Waals surface area contributed by atoms with Crippen molar-refractivity contribution in [2.75, 3.05) is 5.32 Å². The first-order valence-electron chi connectivity index (χ1n) is 6.83. The van der Waals surface area contributed by atoms with Crippen molar-refractivity contribution in [2.24, 2.45) is 0 Å². The molecule has 2 N–H and O–H groups in total. The molecule has 0 unspecified atom stereocenters. The van der Waals surface area contributed by atoms with Crippen LogP contribution in [-0.2, 0) is 0 Å². The van der Waals surface area contributed by atoms with Crippen molar-refractivity contribution >= 4 is 45.3 Å². The Morgan fingerprint density at radius 3 is 2.87 bits per heavy atom. The van der Waals surface area contributed by atoms with Crippen LogP contribution in [0.2, 0.25) is 0 Å². The van der Waals surface area contributed by atoms with Gasteiger partial charge >= 0.3 is 0 Å². The fourth-order valence-corrected chi connectivity index (χ4v) is 2.96. The Balaban J connectivity index is 1.75. The van der Waals surface area contributed by atoms with Crippen molar-refractivity contribution in [2.45, 2.75) is 0 Å². The molecular weight excluding hydrogens is 312 g/mol. The number of pyridine rings is 1. The molecule has 6 nitrogen and oxygen atoms in total. The van der Waals surface area contributed by atoms with Gasteiger partial charge in [-0.25, -0.2) is 0 Å². The number of carbonyl (C=O) groups is 1. The summed E-state index contributed by atoms with van der Waals surface area (Å²) in [6.07, 6.45) is 1.57. The van der Waals surface area contributed by atoms with E-state index in [9.17, 15) is 9.90 Å². The van der Waals surface area contributed by atoms with Gasteiger partial charge in [0.15, 0.2) is 5.75 Å². The van der Waals surface area contributed by atoms with Crippen molar-refractivity contribution in [3.05, 3.63) is 54.2 Å². The Kier molecular flexibility index (Phi) is 3.13. The number of fused-ring (bicyclic) bond motifs is 2. The van der Waals surface area contributed by atoms with E-state index in [1.54, 1.807) is 36.5 Å². The van der Waals surface area contributed by atoms with E-state index in [2.05, 4.69) is 19.0 Å². The van der Waals surface area contributed by atoms with Gasteiger partial charge in [-0.3, -0.25) is 9.78 Å². The number of hydrogen-bond donors (Lipinski definition) is 2. The van der Waals surface area contributed by atoms with Crippen LogP contribution < -0.4 is 5.32 Å². The predicted molar refractivity (Wildman–Crippen MR) is 88.8 cm³/mol. The van der Waals surface area contributed by atoms with Crippen LogP contribution in [0.5, 0.6) is 5.75 Å². The molecule has 4 aromatic rings. The van der Waals surface area contributed by atoms with Crippen LogP contribution in [0.4, 0.5) is 5.69 Å². The number of hydrogen-bond acceptors (Lipinski definition) is 6. The largest absolute Gasteiger partial charge is 0.505 e. The number of aromatic nitrogens is 3. The molecule has 0 aliphatic rings. The van der Waals surface area contributed by atoms with Crippen LogP contribution in [0.15, 0.2) is 48.7 Å². The molecule has 0 aliphatic heterocycles. The highest BCUT2D eigenvalue weighted by Crippen LogP contribution is 2.28. The lowest BCUT2D eigenvalue weighted by Crippen LogP contribution is -2.12. The zero-order chi connectivity index (χ0) is 15.8. The smallest absolute Gasteiger partial charge is 0.259 e. The van der Waals surface area contributed by atoms with Crippen molar-refractivity contribution < 1.29 is 9.90 Å². The number of phenols is 1. The monoisotopic (exact) mass is 322 g/mol. The summed E-state index contributed by atoms with van der Waals surface area (Å²) in [6, 6.07) is 12.3. The first-order valence-corrected chi connectivity index (χ1v) is 7.56. The number of carbonyl (C=O) groups excluding carboxylic acids is 1. The Hall–Kier alpha value is -3.06. The van der Waals surface area contributed by atoms with Gasteiger partial charge in [0.2, 0.25) is 0 Å². The molecule has 2 aromatic carbocycles. The number of rotatable bonds is 2. The van der Waals surface area contributed by atoms with E-state index in [4.69, 9.17) is 0 Å². The molecule has 0 radical (unpaired) electrons. The fraction of sp³-hybridized carbons (Fsp3) is 0. The van der Waals surface area contributed by atoms with E-state index in [1.165, 1.54) is 0 Å². The summed E-state index contributed by atoms with van der Waals surface area (Å²) in [7, 11) is 0. The Morgan fingerprint density at radius 2 is 1.96 bits per heavy atom. The second kappa shape index (κ2) is 5.29. The number of benzene rings is 2. The Labute approximate surface area is 134 Å². The molecule has 0 saturated heterocycles. The van der Waals surface area contributed by atoms with Crippen molar-refractivity contribution in [1.29, 1.82) is 0 Å². The summed E-state index contributed by atoms with van der Waals surface area (Å²) < 4.78 is 8.32. The van der Waals surface area contributed by atoms with E-state index in [1.807, 2.05) is 12.1 Å². The number of nitrogens with one attached hydrogen (secondary N) is 1. The van der Waals surface area contributed by atoms with Crippen molar-refractivity contribution in [3.63, 3.8) is 0 Å². The molecule has 4 rings (SSSR count). The predicted octanol–water partition coefficient (Wildman–Crippen LogP) is 3.20. The topological polar surface area (TPSA) is 88.0 Å². The minimum absolute atomic E-state index is 0.135. The molecule has 112 valence electrons. The minimum atomic E-state index is -0.421. The van der Waals surface area contributed by atoms with Crippen LogP contribution in [0.3, 0.4) is 0 Å². The van der Waals surface area contributed by atoms with Crippen molar-refractivity contribution in [3.8, 4) is 5.75 Å². The molecular formula is C16H10N4O2S. The summed E-state index contributed by atoms with van der Waals surface area (Å²) >= 11 is 1.08. The maximum atomic E-state index is 12.5. The van der Waals surface area contributed by atoms with Crippen molar-refractivity contribution in [1.82, 2.24) is 13.7 Å². The third-order valence-electron chi connectivity index (χ3n) is 3.53. The van der Waals surface area contributed by atoms with E-state index < -0.39 is 5.91 Å². The quantitative estimate of drug-likeness (QED) is 0.592. The molecule has 0 fully saturated rings. The zero-order valence-corrected chi connectivity index (χ0v) is 12.5. The van der Waals surface area contributed by atoms with Gasteiger partial charge in [0.25, 0.3) is 5.91 Å². The maximum absolute atomic E-state index is 12.5. The Morgan fingerprint density at radius 1 is 1.04 bits per heavy atom. The molecule has 0 aliphatic carbocycles. The number of aromatic hydroxyl groups is 1. The molecule has 2 heterocycles. The van der Waals surface area contributed by atoms with Gasteiger partial charge in [0, 0.05) is 11.6 Å². The molecule has 0 saturated carbocycles. The minimum Gasteiger partial charge on any atom is -0.505 e. The van der Waals surface area contributed by atoms with Gasteiger partial charge in [-0.2, -0.15) is 8.75 Å². The molecule has 1 amide bonds. The molecule has 23 heavy (non-hydrogen) atoms. The fourth-order valence-electron chi connectivity index (χ4n) is 2.41. The third-order valence-corrected chi connectivity index (χ3v) is 4.07. The van der Waals surface area contributed by atoms with Gasteiger partial charge in [0.1, 0.15) is 16.6 Å². The second-order valence-electron chi connectivity index (χ2n) is 4.93. The molecule has 2 aromatic heterocycles. The highest BCUT2D eigenvalue weighted by Gasteiger charge is 2.16. The van der Waals surface area contributed by atoms with Gasteiger partial charge in [0.05, 0.1) is 23.0 Å². The first-order chi connectivity index (χ1) is 11.2. The van der Waals surface area contributed by atoms with Gasteiger partial charge in [-0.05, 0) is 24.3 Å². The van der Waals surface area contributed by atoms with E-state index in [-0.39, 0.29) is 11.3 Å². The van der Waals surface area contributed by atoms with E-state index >= 15 is 0 Å². The number of amides is 1. The maximum Gasteiger partial charge on any atom is 0.259 e. The normalized spacial score (nSPS) is 11.0. The van der Waals surface area contributed by atoms with E-state index in [0.29, 0.717) is 16.7 Å². The Bertz CT molecular complexity index is 1040. The first kappa shape index (κ1) is 13.6. The molecule has 0 atom stereocenters. The van der Waals surface area contributed by atoms with Crippen LogP contribution in [-0.4, -0.2) is 24.7 Å². The highest BCUT2D eigenvalue weighted by molar-refractivity contribution is 7.00. The number of nitrogens with zero attached hydrogens (tertiary/aromatic N) is 3. The average molecular weight is 322 g/mol. The van der Waals surface area contributed by atoms with Crippen LogP contribution in [0.25, 0.3) is 21.9 Å². The van der Waals surface area contributed by atoms with Crippen LogP contribution in [0, 0.1) is 0 Å². The summed E-state index contributed by atoms with van der Waals surface area (Å²) in [4.78, 5) is 16.6. The summed E-state index contributed by atoms with van der Waals surface area (Å²) in [6.45, 7) is 0. The lowest BCUT2D eigenvalue weighted by atomic mass is 10.1. The van der Waals surface area contributed by atoms with Crippen LogP contribution in [0.1, 0.15) is 10.4 Å². The third kappa shape index (κ3) is 2.27. The van der Waals surface area contributed by atoms with Gasteiger partial charge in [-0.15, -0.1) is 0 Å². The molecule has 0 spiro atoms. The summed E-state index contributed by atoms with van der Waals surface area (Å²) in [5.41, 5.74) is 2.47. The second-order valence-corrected chi connectivity index (χ2v) is 5.46. The SMILES string of the molecule is O=C(Nc1cccc2nsnc12)c1ccc2cccnc2c1O. The highest BCUT2D eigenvalue weighted by atomic mass is 32.1. The number of phenolic OH excluding ortho intramolecular Hbond substituents is 1. The lowest BCUT2D eigenvalue weighted by molar-refractivity contribution is 0.102. The molecule has 7 heteroatoms. The summed E-state index contributed by atoms with van der Waals surface area (Å²) in [5, 5.41) is 13.9. The summed E-state index contributed by atoms with van der Waals surface area (Å²) in [5.74, 6) is -0.556. The van der Waals surface area contributed by atoms with E-state index in [0.717, 1.165) is 22.6 Å². The standard InChI is InChI=1S/C16H10N4O2S/c21-15-10(7-6-9-3-2-8-17-13(9)15)16(22)18-11-4-1-5-12-14(11)20-23-19-12/h1-8,21H,(H,18,22). The zero-order valence-electron chi connectivity index (χ0n) is 11.7. The van der Waals surface area contributed by atoms with Crippen LogP contribution >= 0.6 is 11.7 Å². The molecule has 0 bridgehead atoms. The lowest BCUT2D eigenvalue weighted by Gasteiger charge is -2.08. The van der Waals surface area contributed by atoms with Gasteiger partial charge in [-0.1, -0.05) is 18.2 Å².